The van der Waals surface area contributed by atoms with Crippen LogP contribution in [0.1, 0.15) is 21.5 Å². The average molecular weight is 302 g/mol. The largest absolute Gasteiger partial charge is 0.281 e. The molecule has 0 aliphatic carbocycles. The van der Waals surface area contributed by atoms with E-state index >= 15 is 0 Å². The predicted molar refractivity (Wildman–Crippen MR) is 84.9 cm³/mol. The first-order valence-corrected chi connectivity index (χ1v) is 7.54. The fourth-order valence-electron chi connectivity index (χ4n) is 2.16. The van der Waals surface area contributed by atoms with E-state index in [1.54, 1.807) is 24.3 Å². The lowest BCUT2D eigenvalue weighted by molar-refractivity contribution is 0.109. The van der Waals surface area contributed by atoms with Crippen molar-refractivity contribution >= 4 is 33.5 Å². The van der Waals surface area contributed by atoms with E-state index in [-0.39, 0.29) is 5.12 Å². The number of fused-ring (bicyclic) bond motifs is 1. The Balaban J connectivity index is 1.85. The van der Waals surface area contributed by atoms with Gasteiger partial charge < -0.3 is 0 Å². The molecule has 0 N–H and O–H groups in total. The predicted octanol–water partition coefficient (Wildman–Crippen LogP) is 4.22. The minimum atomic E-state index is -0.0250. The highest BCUT2D eigenvalue weighted by Gasteiger charge is 2.18. The maximum atomic E-state index is 12.3. The van der Waals surface area contributed by atoms with Crippen molar-refractivity contribution < 1.29 is 4.79 Å². The van der Waals surface area contributed by atoms with Crippen LogP contribution in [-0.4, -0.2) is 16.7 Å². The van der Waals surface area contributed by atoms with E-state index < -0.39 is 0 Å². The second kappa shape index (κ2) is 5.81. The van der Waals surface area contributed by atoms with Gasteiger partial charge >= 0.3 is 0 Å². The molecule has 0 aromatic heterocycles. The van der Waals surface area contributed by atoms with Crippen molar-refractivity contribution in [1.29, 1.82) is 0 Å². The Morgan fingerprint density at radius 2 is 2.00 bits per heavy atom. The van der Waals surface area contributed by atoms with Gasteiger partial charge in [0.25, 0.3) is 0 Å². The van der Waals surface area contributed by atoms with Crippen molar-refractivity contribution in [3.63, 3.8) is 0 Å². The summed E-state index contributed by atoms with van der Waals surface area (Å²) in [6, 6.07) is 15.1. The third kappa shape index (κ3) is 2.79. The molecule has 4 heteroatoms. The number of nitrogens with zero attached hydrogens (tertiary/aromatic N) is 1. The maximum absolute atomic E-state index is 12.3. The standard InChI is InChI=1S/C16H12ClNOS/c17-13-6-3-5-12(10-13)16(19)20-15-14-7-2-1-4-11(14)8-9-18-15/h1-7,10H,8-9H2. The maximum Gasteiger partial charge on any atom is 0.225 e. The van der Waals surface area contributed by atoms with Gasteiger partial charge in [-0.1, -0.05) is 48.0 Å². The SMILES string of the molecule is O=C(SC1=NCCc2ccccc21)c1cccc(Cl)c1. The van der Waals surface area contributed by atoms with E-state index in [4.69, 9.17) is 11.6 Å². The molecule has 2 aromatic rings. The number of carbonyl (C=O) groups excluding carboxylic acids is 1. The summed E-state index contributed by atoms with van der Waals surface area (Å²) in [5, 5.41) is 1.35. The van der Waals surface area contributed by atoms with Gasteiger partial charge in [0.05, 0.1) is 0 Å². The summed E-state index contributed by atoms with van der Waals surface area (Å²) in [5.41, 5.74) is 2.93. The Hall–Kier alpha value is -1.58. The van der Waals surface area contributed by atoms with Gasteiger partial charge in [-0.15, -0.1) is 0 Å². The molecule has 0 radical (unpaired) electrons. The molecule has 0 unspecified atom stereocenters. The zero-order chi connectivity index (χ0) is 13.9. The van der Waals surface area contributed by atoms with Gasteiger partial charge in [-0.05, 0) is 35.9 Å². The van der Waals surface area contributed by atoms with Crippen molar-refractivity contribution in [3.05, 3.63) is 70.2 Å². The van der Waals surface area contributed by atoms with Gasteiger partial charge in [-0.2, -0.15) is 0 Å². The van der Waals surface area contributed by atoms with Gasteiger partial charge in [0.1, 0.15) is 5.04 Å². The summed E-state index contributed by atoms with van der Waals surface area (Å²) in [6.07, 6.45) is 0.936. The third-order valence-electron chi connectivity index (χ3n) is 3.13. The summed E-state index contributed by atoms with van der Waals surface area (Å²) in [5.74, 6) is 0. The number of carbonyl (C=O) groups is 1. The van der Waals surface area contributed by atoms with E-state index in [9.17, 15) is 4.79 Å². The van der Waals surface area contributed by atoms with Gasteiger partial charge in [0.2, 0.25) is 5.12 Å². The minimum Gasteiger partial charge on any atom is -0.281 e. The van der Waals surface area contributed by atoms with Gasteiger partial charge in [0.15, 0.2) is 0 Å². The smallest absolute Gasteiger partial charge is 0.225 e. The van der Waals surface area contributed by atoms with Crippen molar-refractivity contribution in [3.8, 4) is 0 Å². The lowest BCUT2D eigenvalue weighted by Crippen LogP contribution is -2.12. The summed E-state index contributed by atoms with van der Waals surface area (Å²) in [4.78, 5) is 16.8. The minimum absolute atomic E-state index is 0.0250. The monoisotopic (exact) mass is 301 g/mol. The first kappa shape index (κ1) is 13.4. The Labute approximate surface area is 126 Å². The summed E-state index contributed by atoms with van der Waals surface area (Å²) in [7, 11) is 0. The van der Waals surface area contributed by atoms with Crippen molar-refractivity contribution in [2.24, 2.45) is 4.99 Å². The summed E-state index contributed by atoms with van der Waals surface area (Å²) < 4.78 is 0. The van der Waals surface area contributed by atoms with E-state index in [1.807, 2.05) is 18.2 Å². The number of hydrogen-bond donors (Lipinski definition) is 0. The van der Waals surface area contributed by atoms with Crippen LogP contribution in [0.15, 0.2) is 53.5 Å². The number of thioether (sulfide) groups is 1. The molecule has 1 aliphatic heterocycles. The lowest BCUT2D eigenvalue weighted by atomic mass is 10.0. The lowest BCUT2D eigenvalue weighted by Gasteiger charge is -2.15. The number of halogens is 1. The van der Waals surface area contributed by atoms with Crippen molar-refractivity contribution in [1.82, 2.24) is 0 Å². The molecule has 2 nitrogen and oxygen atoms in total. The highest BCUT2D eigenvalue weighted by atomic mass is 35.5. The molecule has 20 heavy (non-hydrogen) atoms. The second-order valence-electron chi connectivity index (χ2n) is 4.49. The fraction of sp³-hybridized carbons (Fsp3) is 0.125. The molecular formula is C16H12ClNOS. The molecule has 0 saturated heterocycles. The Morgan fingerprint density at radius 1 is 1.15 bits per heavy atom. The Kier molecular flexibility index (Phi) is 3.90. The molecule has 0 spiro atoms. The van der Waals surface area contributed by atoms with Gasteiger partial charge in [0, 0.05) is 22.7 Å². The van der Waals surface area contributed by atoms with E-state index in [0.29, 0.717) is 10.6 Å². The van der Waals surface area contributed by atoms with Crippen LogP contribution in [0.4, 0.5) is 0 Å². The third-order valence-corrected chi connectivity index (χ3v) is 4.33. The van der Waals surface area contributed by atoms with Crippen LogP contribution in [0.3, 0.4) is 0 Å². The van der Waals surface area contributed by atoms with Crippen LogP contribution in [0.25, 0.3) is 0 Å². The summed E-state index contributed by atoms with van der Waals surface area (Å²) in [6.45, 7) is 0.738. The fourth-order valence-corrected chi connectivity index (χ4v) is 3.24. The van der Waals surface area contributed by atoms with E-state index in [2.05, 4.69) is 11.1 Å². The molecular weight excluding hydrogens is 290 g/mol. The van der Waals surface area contributed by atoms with Crippen LogP contribution in [-0.2, 0) is 6.42 Å². The molecule has 1 aliphatic rings. The number of hydrogen-bond acceptors (Lipinski definition) is 3. The average Bonchev–Trinajstić information content (AvgIpc) is 2.47. The van der Waals surface area contributed by atoms with Crippen LogP contribution < -0.4 is 0 Å². The van der Waals surface area contributed by atoms with Crippen LogP contribution >= 0.6 is 23.4 Å². The molecule has 1 heterocycles. The molecule has 100 valence electrons. The Bertz CT molecular complexity index is 696. The molecule has 0 saturated carbocycles. The quantitative estimate of drug-likeness (QED) is 0.789. The van der Waals surface area contributed by atoms with Crippen molar-refractivity contribution in [2.75, 3.05) is 6.54 Å². The number of benzene rings is 2. The molecule has 0 atom stereocenters. The highest BCUT2D eigenvalue weighted by molar-refractivity contribution is 8.27. The van der Waals surface area contributed by atoms with Crippen LogP contribution in [0.2, 0.25) is 5.02 Å². The zero-order valence-electron chi connectivity index (χ0n) is 10.7. The molecule has 0 fully saturated rings. The van der Waals surface area contributed by atoms with Crippen LogP contribution in [0.5, 0.6) is 0 Å². The summed E-state index contributed by atoms with van der Waals surface area (Å²) >= 11 is 7.10. The van der Waals surface area contributed by atoms with Crippen molar-refractivity contribution in [2.45, 2.75) is 6.42 Å². The number of rotatable bonds is 1. The Morgan fingerprint density at radius 3 is 2.85 bits per heavy atom. The topological polar surface area (TPSA) is 29.4 Å². The zero-order valence-corrected chi connectivity index (χ0v) is 12.2. The molecule has 0 amide bonds. The number of aliphatic imine (C=N–C) groups is 1. The highest BCUT2D eigenvalue weighted by Crippen LogP contribution is 2.25. The second-order valence-corrected chi connectivity index (χ2v) is 5.89. The first-order valence-electron chi connectivity index (χ1n) is 6.34. The van der Waals surface area contributed by atoms with Gasteiger partial charge in [-0.25, -0.2) is 0 Å². The van der Waals surface area contributed by atoms with E-state index in [0.717, 1.165) is 23.6 Å². The molecule has 3 rings (SSSR count). The normalized spacial score (nSPS) is 13.6. The van der Waals surface area contributed by atoms with Crippen LogP contribution in [0, 0.1) is 0 Å². The molecule has 0 bridgehead atoms. The van der Waals surface area contributed by atoms with E-state index in [1.165, 1.54) is 17.3 Å². The van der Waals surface area contributed by atoms with Gasteiger partial charge in [-0.3, -0.25) is 9.79 Å². The first-order chi connectivity index (χ1) is 9.74. The molecule has 2 aromatic carbocycles.